The van der Waals surface area contributed by atoms with Crippen LogP contribution in [0.5, 0.6) is 5.88 Å². The summed E-state index contributed by atoms with van der Waals surface area (Å²) in [6.45, 7) is 4.25. The number of nitrogens with one attached hydrogen (secondary N) is 2. The van der Waals surface area contributed by atoms with Gasteiger partial charge in [0.15, 0.2) is 0 Å². The lowest BCUT2D eigenvalue weighted by atomic mass is 10.0. The molecule has 0 bridgehead atoms. The number of H-pyrrole nitrogens is 1. The number of aromatic amines is 1. The summed E-state index contributed by atoms with van der Waals surface area (Å²) in [6, 6.07) is 7.65. The van der Waals surface area contributed by atoms with Crippen molar-refractivity contribution in [3.8, 4) is 17.0 Å². The van der Waals surface area contributed by atoms with Crippen LogP contribution in [0.15, 0.2) is 24.3 Å². The second kappa shape index (κ2) is 5.43. The zero-order valence-electron chi connectivity index (χ0n) is 10.7. The van der Waals surface area contributed by atoms with Gasteiger partial charge in [0.25, 0.3) is 0 Å². The molecule has 0 fully saturated rings. The first-order valence-corrected chi connectivity index (χ1v) is 5.90. The first kappa shape index (κ1) is 12.9. The Hall–Kier alpha value is -2.50. The minimum atomic E-state index is -1.15. The molecule has 0 unspecified atom stereocenters. The third kappa shape index (κ3) is 2.67. The van der Waals surface area contributed by atoms with E-state index in [9.17, 15) is 4.79 Å². The van der Waals surface area contributed by atoms with E-state index in [1.165, 1.54) is 0 Å². The van der Waals surface area contributed by atoms with Crippen molar-refractivity contribution in [2.75, 3.05) is 11.9 Å². The van der Waals surface area contributed by atoms with Crippen LogP contribution in [0.2, 0.25) is 0 Å². The van der Waals surface area contributed by atoms with Crippen LogP contribution in [-0.2, 0) is 0 Å². The zero-order chi connectivity index (χ0) is 13.8. The lowest BCUT2D eigenvalue weighted by Gasteiger charge is -2.08. The second-order valence-electron chi connectivity index (χ2n) is 3.96. The van der Waals surface area contributed by atoms with Crippen molar-refractivity contribution < 1.29 is 14.6 Å². The second-order valence-corrected chi connectivity index (χ2v) is 3.96. The summed E-state index contributed by atoms with van der Waals surface area (Å²) in [7, 11) is 0. The molecule has 0 aliphatic rings. The van der Waals surface area contributed by atoms with E-state index in [1.54, 1.807) is 0 Å². The summed E-state index contributed by atoms with van der Waals surface area (Å²) in [4.78, 5) is 10.8. The number of amides is 1. The third-order valence-corrected chi connectivity index (χ3v) is 2.66. The molecule has 100 valence electrons. The largest absolute Gasteiger partial charge is 0.476 e. The first-order valence-electron chi connectivity index (χ1n) is 5.90. The Kier molecular flexibility index (Phi) is 3.70. The van der Waals surface area contributed by atoms with Crippen molar-refractivity contribution in [3.05, 3.63) is 29.8 Å². The molecule has 1 amide bonds. The van der Waals surface area contributed by atoms with Gasteiger partial charge in [-0.3, -0.25) is 10.4 Å². The number of nitrogens with zero attached hydrogens (tertiary/aromatic N) is 1. The van der Waals surface area contributed by atoms with Gasteiger partial charge >= 0.3 is 6.09 Å². The maximum Gasteiger partial charge on any atom is 0.410 e. The summed E-state index contributed by atoms with van der Waals surface area (Å²) < 4.78 is 5.43. The Morgan fingerprint density at radius 2 is 2.21 bits per heavy atom. The van der Waals surface area contributed by atoms with Crippen molar-refractivity contribution >= 4 is 11.9 Å². The van der Waals surface area contributed by atoms with E-state index < -0.39 is 6.09 Å². The molecule has 0 aliphatic heterocycles. The number of carbonyl (C=O) groups is 1. The van der Waals surface area contributed by atoms with E-state index in [0.717, 1.165) is 11.1 Å². The molecular weight excluding hydrogens is 246 g/mol. The number of aryl methyl sites for hydroxylation is 1. The third-order valence-electron chi connectivity index (χ3n) is 2.66. The molecule has 0 radical (unpaired) electrons. The molecule has 2 rings (SSSR count). The summed E-state index contributed by atoms with van der Waals surface area (Å²) in [5.74, 6) is 0.700. The Morgan fingerprint density at radius 3 is 2.84 bits per heavy atom. The average molecular weight is 261 g/mol. The van der Waals surface area contributed by atoms with Crippen LogP contribution in [0.4, 0.5) is 10.6 Å². The van der Waals surface area contributed by atoms with Crippen molar-refractivity contribution in [2.24, 2.45) is 0 Å². The van der Waals surface area contributed by atoms with Crippen LogP contribution in [0.3, 0.4) is 0 Å². The molecule has 0 saturated heterocycles. The number of hydrogen-bond donors (Lipinski definition) is 3. The highest BCUT2D eigenvalue weighted by Gasteiger charge is 2.19. The number of rotatable bonds is 4. The Morgan fingerprint density at radius 1 is 1.47 bits per heavy atom. The van der Waals surface area contributed by atoms with E-state index >= 15 is 0 Å². The van der Waals surface area contributed by atoms with E-state index in [1.807, 2.05) is 38.1 Å². The van der Waals surface area contributed by atoms with Gasteiger partial charge in [0.05, 0.1) is 12.2 Å². The molecule has 0 spiro atoms. The Bertz CT molecular complexity index is 593. The first-order chi connectivity index (χ1) is 9.13. The van der Waals surface area contributed by atoms with Gasteiger partial charge in [0, 0.05) is 0 Å². The number of hydrogen-bond acceptors (Lipinski definition) is 3. The fourth-order valence-electron chi connectivity index (χ4n) is 1.87. The number of anilines is 1. The molecule has 1 heterocycles. The van der Waals surface area contributed by atoms with Crippen LogP contribution in [-0.4, -0.2) is 28.0 Å². The number of ether oxygens (including phenoxy) is 1. The standard InChI is InChI=1S/C13H15N3O3/c1-3-19-12-10(9-7-5-4-6-8(9)2)11(15-16-12)14-13(17)18/h4-7H,3H2,1-2H3,(H,17,18)(H2,14,15,16). The van der Waals surface area contributed by atoms with Crippen molar-refractivity contribution in [1.82, 2.24) is 10.2 Å². The highest BCUT2D eigenvalue weighted by molar-refractivity contribution is 5.91. The molecule has 1 aromatic heterocycles. The Balaban J connectivity index is 2.54. The van der Waals surface area contributed by atoms with Gasteiger partial charge in [-0.1, -0.05) is 24.3 Å². The SMILES string of the molecule is CCOc1n[nH]c(NC(=O)O)c1-c1ccccc1C. The van der Waals surface area contributed by atoms with Crippen LogP contribution in [0.25, 0.3) is 11.1 Å². The monoisotopic (exact) mass is 261 g/mol. The fourth-order valence-corrected chi connectivity index (χ4v) is 1.87. The molecule has 19 heavy (non-hydrogen) atoms. The van der Waals surface area contributed by atoms with Crippen molar-refractivity contribution in [2.45, 2.75) is 13.8 Å². The molecule has 1 aromatic carbocycles. The van der Waals surface area contributed by atoms with Gasteiger partial charge in [-0.15, -0.1) is 5.10 Å². The zero-order valence-corrected chi connectivity index (χ0v) is 10.7. The minimum Gasteiger partial charge on any atom is -0.476 e. The molecule has 0 atom stereocenters. The normalized spacial score (nSPS) is 10.2. The van der Waals surface area contributed by atoms with Crippen LogP contribution in [0, 0.1) is 6.92 Å². The van der Waals surface area contributed by atoms with E-state index in [2.05, 4.69) is 15.5 Å². The maximum atomic E-state index is 10.8. The highest BCUT2D eigenvalue weighted by Crippen LogP contribution is 2.36. The quantitative estimate of drug-likeness (QED) is 0.789. The number of aromatic nitrogens is 2. The summed E-state index contributed by atoms with van der Waals surface area (Å²) in [6.07, 6.45) is -1.15. The van der Waals surface area contributed by atoms with Gasteiger partial charge < -0.3 is 9.84 Å². The molecule has 2 aromatic rings. The van der Waals surface area contributed by atoms with Gasteiger partial charge in [-0.25, -0.2) is 4.79 Å². The smallest absolute Gasteiger partial charge is 0.410 e. The average Bonchev–Trinajstić information content (AvgIpc) is 2.73. The Labute approximate surface area is 110 Å². The van der Waals surface area contributed by atoms with E-state index in [4.69, 9.17) is 9.84 Å². The molecule has 6 nitrogen and oxygen atoms in total. The lowest BCUT2D eigenvalue weighted by Crippen LogP contribution is -2.08. The molecule has 0 aliphatic carbocycles. The topological polar surface area (TPSA) is 87.2 Å². The highest BCUT2D eigenvalue weighted by atomic mass is 16.5. The maximum absolute atomic E-state index is 10.8. The number of carboxylic acid groups (broad SMARTS) is 1. The lowest BCUT2D eigenvalue weighted by molar-refractivity contribution is 0.209. The van der Waals surface area contributed by atoms with Gasteiger partial charge in [-0.2, -0.15) is 0 Å². The summed E-state index contributed by atoms with van der Waals surface area (Å²) in [5, 5.41) is 17.8. The number of benzene rings is 1. The van der Waals surface area contributed by atoms with Crippen molar-refractivity contribution in [1.29, 1.82) is 0 Å². The fraction of sp³-hybridized carbons (Fsp3) is 0.231. The molecular formula is C13H15N3O3. The van der Waals surface area contributed by atoms with E-state index in [0.29, 0.717) is 23.9 Å². The van der Waals surface area contributed by atoms with Gasteiger partial charge in [-0.05, 0) is 25.0 Å². The van der Waals surface area contributed by atoms with E-state index in [-0.39, 0.29) is 0 Å². The molecule has 0 saturated carbocycles. The van der Waals surface area contributed by atoms with Crippen LogP contribution in [0.1, 0.15) is 12.5 Å². The van der Waals surface area contributed by atoms with Crippen molar-refractivity contribution in [3.63, 3.8) is 0 Å². The molecule has 3 N–H and O–H groups in total. The van der Waals surface area contributed by atoms with Crippen LogP contribution >= 0.6 is 0 Å². The van der Waals surface area contributed by atoms with Gasteiger partial charge in [0.1, 0.15) is 5.82 Å². The van der Waals surface area contributed by atoms with Gasteiger partial charge in [0.2, 0.25) is 5.88 Å². The molecule has 6 heteroatoms. The summed E-state index contributed by atoms with van der Waals surface area (Å²) >= 11 is 0. The predicted octanol–water partition coefficient (Wildman–Crippen LogP) is 2.87. The predicted molar refractivity (Wildman–Crippen MR) is 71.6 cm³/mol. The minimum absolute atomic E-state index is 0.310. The van der Waals surface area contributed by atoms with Crippen LogP contribution < -0.4 is 10.1 Å². The summed E-state index contributed by atoms with van der Waals surface area (Å²) in [5.41, 5.74) is 2.52.